The van der Waals surface area contributed by atoms with Gasteiger partial charge >= 0.3 is 0 Å². The third kappa shape index (κ3) is 3.28. The molecule has 1 fully saturated rings. The monoisotopic (exact) mass is 234 g/mol. The molecule has 17 heavy (non-hydrogen) atoms. The first-order valence-electron chi connectivity index (χ1n) is 6.36. The smallest absolute Gasteiger partial charge is 0.0480 e. The molecule has 0 aliphatic carbocycles. The average Bonchev–Trinajstić information content (AvgIpc) is 2.40. The zero-order chi connectivity index (χ0) is 12.1. The largest absolute Gasteiger partial charge is 0.381 e. The Hall–Kier alpha value is -0.900. The number of rotatable bonds is 4. The van der Waals surface area contributed by atoms with E-state index in [0.717, 1.165) is 32.6 Å². The van der Waals surface area contributed by atoms with Crippen molar-refractivity contribution in [1.29, 1.82) is 0 Å². The van der Waals surface area contributed by atoms with Crippen LogP contribution in [0.15, 0.2) is 24.3 Å². The summed E-state index contributed by atoms with van der Waals surface area (Å²) in [7, 11) is 2.20. The van der Waals surface area contributed by atoms with Crippen molar-refractivity contribution in [3.8, 4) is 0 Å². The van der Waals surface area contributed by atoms with Crippen LogP contribution in [-0.4, -0.2) is 31.2 Å². The topological polar surface area (TPSA) is 38.5 Å². The highest BCUT2D eigenvalue weighted by Crippen LogP contribution is 2.17. The van der Waals surface area contributed by atoms with E-state index in [0.29, 0.717) is 12.6 Å². The number of benzene rings is 1. The Labute approximate surface area is 104 Å². The second kappa shape index (κ2) is 6.15. The lowest BCUT2D eigenvalue weighted by Gasteiger charge is -2.31. The van der Waals surface area contributed by atoms with Crippen molar-refractivity contribution >= 4 is 0 Å². The minimum Gasteiger partial charge on any atom is -0.381 e. The number of hydrogen-bond acceptors (Lipinski definition) is 3. The second-order valence-corrected chi connectivity index (χ2v) is 4.73. The van der Waals surface area contributed by atoms with Gasteiger partial charge in [-0.25, -0.2) is 0 Å². The van der Waals surface area contributed by atoms with Crippen molar-refractivity contribution in [1.82, 2.24) is 4.90 Å². The fraction of sp³-hybridized carbons (Fsp3) is 0.571. The molecule has 1 saturated heterocycles. The summed E-state index contributed by atoms with van der Waals surface area (Å²) in [6.45, 7) is 3.40. The molecule has 0 bridgehead atoms. The molecule has 0 amide bonds. The quantitative estimate of drug-likeness (QED) is 0.862. The average molecular weight is 234 g/mol. The highest BCUT2D eigenvalue weighted by molar-refractivity contribution is 5.26. The Bertz CT molecular complexity index is 348. The molecule has 0 atom stereocenters. The van der Waals surface area contributed by atoms with Gasteiger partial charge in [0.2, 0.25) is 0 Å². The Morgan fingerprint density at radius 1 is 1.24 bits per heavy atom. The van der Waals surface area contributed by atoms with Crippen molar-refractivity contribution in [2.75, 3.05) is 20.3 Å². The van der Waals surface area contributed by atoms with Gasteiger partial charge in [0.05, 0.1) is 0 Å². The molecular weight excluding hydrogens is 212 g/mol. The van der Waals surface area contributed by atoms with Gasteiger partial charge in [-0.05, 0) is 31.0 Å². The molecule has 0 saturated carbocycles. The van der Waals surface area contributed by atoms with Crippen LogP contribution in [0, 0.1) is 0 Å². The molecule has 1 aromatic rings. The van der Waals surface area contributed by atoms with E-state index >= 15 is 0 Å². The van der Waals surface area contributed by atoms with Gasteiger partial charge in [0.25, 0.3) is 0 Å². The van der Waals surface area contributed by atoms with E-state index in [1.54, 1.807) is 0 Å². The highest BCUT2D eigenvalue weighted by Gasteiger charge is 2.18. The van der Waals surface area contributed by atoms with Crippen molar-refractivity contribution < 1.29 is 4.74 Å². The maximum absolute atomic E-state index is 5.77. The SMILES string of the molecule is CN(Cc1ccccc1CN)C1CCOCC1. The van der Waals surface area contributed by atoms with Gasteiger partial charge in [-0.15, -0.1) is 0 Å². The van der Waals surface area contributed by atoms with E-state index in [4.69, 9.17) is 10.5 Å². The first-order chi connectivity index (χ1) is 8.31. The summed E-state index contributed by atoms with van der Waals surface area (Å²) in [5, 5.41) is 0. The van der Waals surface area contributed by atoms with Crippen molar-refractivity contribution in [2.45, 2.75) is 32.0 Å². The summed E-state index contributed by atoms with van der Waals surface area (Å²) >= 11 is 0. The predicted octanol–water partition coefficient (Wildman–Crippen LogP) is 1.76. The minimum atomic E-state index is 0.623. The van der Waals surface area contributed by atoms with Gasteiger partial charge in [-0.3, -0.25) is 4.90 Å². The van der Waals surface area contributed by atoms with E-state index < -0.39 is 0 Å². The molecule has 2 rings (SSSR count). The van der Waals surface area contributed by atoms with E-state index in [9.17, 15) is 0 Å². The molecule has 1 aromatic carbocycles. The lowest BCUT2D eigenvalue weighted by atomic mass is 10.0. The van der Waals surface area contributed by atoms with Gasteiger partial charge in [-0.2, -0.15) is 0 Å². The maximum Gasteiger partial charge on any atom is 0.0480 e. The first-order valence-corrected chi connectivity index (χ1v) is 6.36. The summed E-state index contributed by atoms with van der Waals surface area (Å²) in [4.78, 5) is 2.43. The molecule has 1 aliphatic heterocycles. The lowest BCUT2D eigenvalue weighted by Crippen LogP contribution is -2.36. The highest BCUT2D eigenvalue weighted by atomic mass is 16.5. The number of hydrogen-bond donors (Lipinski definition) is 1. The zero-order valence-corrected chi connectivity index (χ0v) is 10.6. The minimum absolute atomic E-state index is 0.623. The Balaban J connectivity index is 1.99. The third-order valence-electron chi connectivity index (χ3n) is 3.57. The van der Waals surface area contributed by atoms with Gasteiger partial charge in [-0.1, -0.05) is 24.3 Å². The van der Waals surface area contributed by atoms with Crippen molar-refractivity contribution in [3.63, 3.8) is 0 Å². The van der Waals surface area contributed by atoms with Crippen molar-refractivity contribution in [3.05, 3.63) is 35.4 Å². The van der Waals surface area contributed by atoms with Gasteiger partial charge in [0, 0.05) is 32.3 Å². The van der Waals surface area contributed by atoms with Crippen molar-refractivity contribution in [2.24, 2.45) is 5.73 Å². The lowest BCUT2D eigenvalue weighted by molar-refractivity contribution is 0.0406. The molecule has 3 heteroatoms. The van der Waals surface area contributed by atoms with Crippen LogP contribution < -0.4 is 5.73 Å². The second-order valence-electron chi connectivity index (χ2n) is 4.73. The Morgan fingerprint density at radius 2 is 1.88 bits per heavy atom. The first kappa shape index (κ1) is 12.6. The molecule has 1 aliphatic rings. The molecule has 3 nitrogen and oxygen atoms in total. The normalized spacial score (nSPS) is 17.6. The summed E-state index contributed by atoms with van der Waals surface area (Å²) in [5.41, 5.74) is 8.37. The molecule has 1 heterocycles. The molecule has 0 aromatic heterocycles. The molecule has 2 N–H and O–H groups in total. The summed E-state index contributed by atoms with van der Waals surface area (Å²) < 4.78 is 5.40. The molecular formula is C14H22N2O. The summed E-state index contributed by atoms with van der Waals surface area (Å²) in [5.74, 6) is 0. The van der Waals surface area contributed by atoms with Crippen LogP contribution in [0.25, 0.3) is 0 Å². The van der Waals surface area contributed by atoms with E-state index in [1.807, 2.05) is 0 Å². The summed E-state index contributed by atoms with van der Waals surface area (Å²) in [6, 6.07) is 9.09. The third-order valence-corrected chi connectivity index (χ3v) is 3.57. The van der Waals surface area contributed by atoms with Gasteiger partial charge in [0.1, 0.15) is 0 Å². The maximum atomic E-state index is 5.77. The fourth-order valence-electron chi connectivity index (χ4n) is 2.43. The molecule has 0 spiro atoms. The van der Waals surface area contributed by atoms with Crippen LogP contribution >= 0.6 is 0 Å². The zero-order valence-electron chi connectivity index (χ0n) is 10.6. The predicted molar refractivity (Wildman–Crippen MR) is 69.6 cm³/mol. The standard InChI is InChI=1S/C14H22N2O/c1-16(14-6-8-17-9-7-14)11-13-5-3-2-4-12(13)10-15/h2-5,14H,6-11,15H2,1H3. The van der Waals surface area contributed by atoms with Crippen LogP contribution in [0.2, 0.25) is 0 Å². The van der Waals surface area contributed by atoms with E-state index in [2.05, 4.69) is 36.2 Å². The van der Waals surface area contributed by atoms with Crippen LogP contribution in [0.3, 0.4) is 0 Å². The van der Waals surface area contributed by atoms with E-state index in [1.165, 1.54) is 11.1 Å². The molecule has 0 radical (unpaired) electrons. The Kier molecular flexibility index (Phi) is 4.54. The molecule has 0 unspecified atom stereocenters. The van der Waals surface area contributed by atoms with Gasteiger partial charge in [0.15, 0.2) is 0 Å². The number of nitrogens with zero attached hydrogens (tertiary/aromatic N) is 1. The van der Waals surface area contributed by atoms with Crippen LogP contribution in [0.5, 0.6) is 0 Å². The fourth-order valence-corrected chi connectivity index (χ4v) is 2.43. The Morgan fingerprint density at radius 3 is 2.53 bits per heavy atom. The van der Waals surface area contributed by atoms with Gasteiger partial charge < -0.3 is 10.5 Å². The van der Waals surface area contributed by atoms with E-state index in [-0.39, 0.29) is 0 Å². The number of ether oxygens (including phenoxy) is 1. The van der Waals surface area contributed by atoms with Crippen LogP contribution in [-0.2, 0) is 17.8 Å². The number of nitrogens with two attached hydrogens (primary N) is 1. The molecule has 94 valence electrons. The van der Waals surface area contributed by atoms with Crippen LogP contribution in [0.4, 0.5) is 0 Å². The van der Waals surface area contributed by atoms with Crippen LogP contribution in [0.1, 0.15) is 24.0 Å². The summed E-state index contributed by atoms with van der Waals surface area (Å²) in [6.07, 6.45) is 2.28.